The van der Waals surface area contributed by atoms with Gasteiger partial charge in [0.1, 0.15) is 5.78 Å². The van der Waals surface area contributed by atoms with Crippen LogP contribution in [0, 0.1) is 5.92 Å². The third-order valence-electron chi connectivity index (χ3n) is 6.44. The number of benzene rings is 2. The summed E-state index contributed by atoms with van der Waals surface area (Å²) in [6, 6.07) is 16.3. The van der Waals surface area contributed by atoms with E-state index in [9.17, 15) is 26.4 Å². The molecule has 1 unspecified atom stereocenters. The molecule has 0 saturated heterocycles. The predicted octanol–water partition coefficient (Wildman–Crippen LogP) is 6.17. The lowest BCUT2D eigenvalue weighted by Crippen LogP contribution is -2.09. The standard InChI is InChI=1S/C27H21F3N2O3S.CH4/c28-27(29,30)25-15-31-14-19-5-4-17(11-23(19)25)12-26(33)24-13-22(24)18-6-8-21(9-7-18)36(34,35)16-20-3-1-2-10-32-20;/h1-11,14-15,22,24H,12-13,16H2;1H4/t22?,24-;/m1./s1. The van der Waals surface area contributed by atoms with Gasteiger partial charge in [0.25, 0.3) is 0 Å². The van der Waals surface area contributed by atoms with Crippen molar-refractivity contribution in [2.75, 3.05) is 0 Å². The molecule has 0 aliphatic heterocycles. The van der Waals surface area contributed by atoms with Crippen molar-refractivity contribution in [3.63, 3.8) is 0 Å². The van der Waals surface area contributed by atoms with Gasteiger partial charge < -0.3 is 0 Å². The Morgan fingerprint density at radius 1 is 1.00 bits per heavy atom. The van der Waals surface area contributed by atoms with Crippen LogP contribution in [-0.4, -0.2) is 24.2 Å². The van der Waals surface area contributed by atoms with Crippen molar-refractivity contribution >= 4 is 26.4 Å². The quantitative estimate of drug-likeness (QED) is 0.288. The summed E-state index contributed by atoms with van der Waals surface area (Å²) in [5, 5.41) is 0.390. The van der Waals surface area contributed by atoms with Gasteiger partial charge in [0, 0.05) is 36.3 Å². The Balaban J connectivity index is 0.00000320. The summed E-state index contributed by atoms with van der Waals surface area (Å²) in [4.78, 5) is 20.8. The lowest BCUT2D eigenvalue weighted by Gasteiger charge is -2.11. The van der Waals surface area contributed by atoms with E-state index < -0.39 is 21.6 Å². The maximum Gasteiger partial charge on any atom is 0.418 e. The van der Waals surface area contributed by atoms with Crippen LogP contribution in [0.15, 0.2) is 84.1 Å². The highest BCUT2D eigenvalue weighted by atomic mass is 32.2. The number of halogens is 3. The number of carbonyl (C=O) groups is 1. The Morgan fingerprint density at radius 2 is 1.76 bits per heavy atom. The lowest BCUT2D eigenvalue weighted by atomic mass is 9.99. The first kappa shape index (κ1) is 26.5. The van der Waals surface area contributed by atoms with Crippen LogP contribution in [0.3, 0.4) is 0 Å². The molecular weight excluding hydrogens is 501 g/mol. The number of hydrogen-bond donors (Lipinski definition) is 0. The Bertz CT molecular complexity index is 1540. The van der Waals surface area contributed by atoms with Crippen LogP contribution in [0.5, 0.6) is 0 Å². The fourth-order valence-electron chi connectivity index (χ4n) is 4.48. The fraction of sp³-hybridized carbons (Fsp3) is 0.250. The first-order valence-corrected chi connectivity index (χ1v) is 13.0. The van der Waals surface area contributed by atoms with Crippen molar-refractivity contribution in [3.05, 3.63) is 102 Å². The van der Waals surface area contributed by atoms with Gasteiger partial charge in [0.2, 0.25) is 0 Å². The predicted molar refractivity (Wildman–Crippen MR) is 135 cm³/mol. The minimum atomic E-state index is -4.53. The van der Waals surface area contributed by atoms with Gasteiger partial charge >= 0.3 is 6.18 Å². The monoisotopic (exact) mass is 526 g/mol. The molecular formula is C28H25F3N2O3S. The minimum absolute atomic E-state index is 0. The number of carbonyl (C=O) groups excluding carboxylic acids is 1. The van der Waals surface area contributed by atoms with Crippen LogP contribution in [0.4, 0.5) is 13.2 Å². The van der Waals surface area contributed by atoms with E-state index in [1.807, 2.05) is 0 Å². The number of hydrogen-bond acceptors (Lipinski definition) is 5. The Morgan fingerprint density at radius 3 is 2.43 bits per heavy atom. The highest BCUT2D eigenvalue weighted by molar-refractivity contribution is 7.90. The molecule has 192 valence electrons. The summed E-state index contributed by atoms with van der Waals surface area (Å²) in [7, 11) is -3.55. The third kappa shape index (κ3) is 5.72. The number of ketones is 1. The van der Waals surface area contributed by atoms with Crippen molar-refractivity contribution in [1.82, 2.24) is 9.97 Å². The molecule has 2 aromatic carbocycles. The molecule has 4 aromatic rings. The smallest absolute Gasteiger partial charge is 0.299 e. The maximum absolute atomic E-state index is 13.4. The van der Waals surface area contributed by atoms with E-state index in [2.05, 4.69) is 9.97 Å². The molecule has 2 heterocycles. The number of aromatic nitrogens is 2. The van der Waals surface area contributed by atoms with Gasteiger partial charge in [-0.2, -0.15) is 13.2 Å². The molecule has 1 aliphatic carbocycles. The molecule has 1 saturated carbocycles. The second-order valence-corrected chi connectivity index (χ2v) is 11.0. The fourth-order valence-corrected chi connectivity index (χ4v) is 5.76. The molecule has 1 fully saturated rings. The van der Waals surface area contributed by atoms with Gasteiger partial charge in [-0.1, -0.05) is 37.8 Å². The molecule has 37 heavy (non-hydrogen) atoms. The largest absolute Gasteiger partial charge is 0.418 e. The van der Waals surface area contributed by atoms with E-state index in [1.54, 1.807) is 60.8 Å². The second kappa shape index (κ2) is 10.0. The van der Waals surface area contributed by atoms with Crippen LogP contribution in [-0.2, 0) is 33.0 Å². The van der Waals surface area contributed by atoms with E-state index in [0.717, 1.165) is 11.8 Å². The molecule has 2 atom stereocenters. The highest BCUT2D eigenvalue weighted by Gasteiger charge is 2.43. The number of nitrogens with zero attached hydrogens (tertiary/aromatic N) is 2. The molecule has 5 nitrogen and oxygen atoms in total. The van der Waals surface area contributed by atoms with Gasteiger partial charge in [0.05, 0.1) is 21.9 Å². The molecule has 0 spiro atoms. The zero-order valence-electron chi connectivity index (χ0n) is 18.9. The average molecular weight is 527 g/mol. The van der Waals surface area contributed by atoms with E-state index in [1.165, 1.54) is 12.3 Å². The number of Topliss-reactive ketones (excluding diaryl/α,β-unsaturated/α-hetero) is 1. The molecule has 0 radical (unpaired) electrons. The van der Waals surface area contributed by atoms with E-state index >= 15 is 0 Å². The van der Waals surface area contributed by atoms with Crippen LogP contribution in [0.1, 0.15) is 42.1 Å². The number of alkyl halides is 3. The summed E-state index contributed by atoms with van der Waals surface area (Å²) in [6.45, 7) is 0. The van der Waals surface area contributed by atoms with Crippen LogP contribution in [0.25, 0.3) is 10.8 Å². The topological polar surface area (TPSA) is 77.0 Å². The van der Waals surface area contributed by atoms with E-state index in [0.29, 0.717) is 23.1 Å². The number of pyridine rings is 2. The molecule has 2 aromatic heterocycles. The molecule has 1 aliphatic rings. The van der Waals surface area contributed by atoms with Gasteiger partial charge in [-0.15, -0.1) is 0 Å². The number of sulfone groups is 1. The van der Waals surface area contributed by atoms with Crippen LogP contribution < -0.4 is 0 Å². The number of fused-ring (bicyclic) bond motifs is 1. The zero-order chi connectivity index (χ0) is 25.5. The maximum atomic E-state index is 13.4. The zero-order valence-corrected chi connectivity index (χ0v) is 19.8. The summed E-state index contributed by atoms with van der Waals surface area (Å²) < 4.78 is 65.4. The molecule has 0 amide bonds. The molecule has 0 bridgehead atoms. The summed E-state index contributed by atoms with van der Waals surface area (Å²) in [5.74, 6) is -0.513. The normalized spacial score (nSPS) is 17.3. The third-order valence-corrected chi connectivity index (χ3v) is 8.11. The van der Waals surface area contributed by atoms with Crippen molar-refractivity contribution in [2.24, 2.45) is 5.92 Å². The molecule has 5 rings (SSSR count). The van der Waals surface area contributed by atoms with Gasteiger partial charge in [0.15, 0.2) is 9.84 Å². The Labute approximate surface area is 213 Å². The van der Waals surface area contributed by atoms with Gasteiger partial charge in [-0.3, -0.25) is 14.8 Å². The molecule has 0 N–H and O–H groups in total. The second-order valence-electron chi connectivity index (χ2n) is 8.98. The van der Waals surface area contributed by atoms with Gasteiger partial charge in [-0.05, 0) is 59.2 Å². The first-order chi connectivity index (χ1) is 17.1. The van der Waals surface area contributed by atoms with Crippen molar-refractivity contribution < 1.29 is 26.4 Å². The molecule has 9 heteroatoms. The van der Waals surface area contributed by atoms with Crippen molar-refractivity contribution in [1.29, 1.82) is 0 Å². The van der Waals surface area contributed by atoms with Crippen molar-refractivity contribution in [2.45, 2.75) is 43.0 Å². The van der Waals surface area contributed by atoms with Gasteiger partial charge in [-0.25, -0.2) is 8.42 Å². The summed E-state index contributed by atoms with van der Waals surface area (Å²) in [5.41, 5.74) is 1.03. The highest BCUT2D eigenvalue weighted by Crippen LogP contribution is 2.48. The SMILES string of the molecule is C.O=C(Cc1ccc2cncc(C(F)(F)F)c2c1)[C@@H]1CC1c1ccc(S(=O)(=O)Cc2ccccn2)cc1. The average Bonchev–Trinajstić information content (AvgIpc) is 3.65. The van der Waals surface area contributed by atoms with E-state index in [4.69, 9.17) is 0 Å². The van der Waals surface area contributed by atoms with Crippen LogP contribution in [0.2, 0.25) is 0 Å². The Hall–Kier alpha value is -3.59. The lowest BCUT2D eigenvalue weighted by molar-refractivity contribution is -0.136. The van der Waals surface area contributed by atoms with E-state index in [-0.39, 0.29) is 47.5 Å². The van der Waals surface area contributed by atoms with Crippen LogP contribution >= 0.6 is 0 Å². The summed E-state index contributed by atoms with van der Waals surface area (Å²) in [6.07, 6.45) is -0.160. The Kier molecular flexibility index (Phi) is 7.19. The number of rotatable bonds is 7. The minimum Gasteiger partial charge on any atom is -0.299 e. The van der Waals surface area contributed by atoms with Crippen molar-refractivity contribution in [3.8, 4) is 0 Å². The first-order valence-electron chi connectivity index (χ1n) is 11.3. The summed E-state index contributed by atoms with van der Waals surface area (Å²) >= 11 is 0.